The lowest BCUT2D eigenvalue weighted by Gasteiger charge is -2.23. The number of carbonyl (C=O) groups is 1. The average molecular weight is 488 g/mol. The van der Waals surface area contributed by atoms with E-state index in [0.717, 1.165) is 23.4 Å². The molecule has 0 aliphatic heterocycles. The number of amides is 1. The smallest absolute Gasteiger partial charge is 0.231 e. The zero-order chi connectivity index (χ0) is 25.3. The number of nitriles is 1. The van der Waals surface area contributed by atoms with Crippen molar-refractivity contribution in [3.63, 3.8) is 0 Å². The largest absolute Gasteiger partial charge is 0.368 e. The first-order valence-corrected chi connectivity index (χ1v) is 12.5. The molecule has 2 aromatic heterocycles. The number of hydrogen-bond acceptors (Lipinski definition) is 8. The van der Waals surface area contributed by atoms with Crippen LogP contribution < -0.4 is 21.3 Å². The topological polar surface area (TPSA) is 143 Å². The third-order valence-electron chi connectivity index (χ3n) is 6.41. The van der Waals surface area contributed by atoms with Crippen molar-refractivity contribution < 1.29 is 4.79 Å². The number of nitrogens with zero attached hydrogens (tertiary/aromatic N) is 4. The number of benzene rings is 1. The van der Waals surface area contributed by atoms with Crippen molar-refractivity contribution in [1.29, 1.82) is 5.26 Å². The molecule has 1 aliphatic carbocycles. The van der Waals surface area contributed by atoms with Crippen molar-refractivity contribution in [2.75, 3.05) is 29.0 Å². The van der Waals surface area contributed by atoms with Gasteiger partial charge in [0, 0.05) is 48.4 Å². The fourth-order valence-electron chi connectivity index (χ4n) is 3.78. The Balaban J connectivity index is 1.46. The molecule has 188 valence electrons. The van der Waals surface area contributed by atoms with E-state index >= 15 is 0 Å². The van der Waals surface area contributed by atoms with Gasteiger partial charge < -0.3 is 21.3 Å². The quantitative estimate of drug-likeness (QED) is 0.233. The van der Waals surface area contributed by atoms with Crippen LogP contribution >= 0.6 is 0 Å². The fourth-order valence-corrected chi connectivity index (χ4v) is 3.78. The van der Waals surface area contributed by atoms with Crippen molar-refractivity contribution in [3.05, 3.63) is 47.7 Å². The Labute approximate surface area is 211 Å². The summed E-state index contributed by atoms with van der Waals surface area (Å²) in [5, 5.41) is 29.1. The van der Waals surface area contributed by atoms with Gasteiger partial charge in [0.05, 0.1) is 12.5 Å². The summed E-state index contributed by atoms with van der Waals surface area (Å²) in [7, 11) is 0. The van der Waals surface area contributed by atoms with E-state index in [0.29, 0.717) is 48.8 Å². The van der Waals surface area contributed by atoms with Gasteiger partial charge in [-0.15, -0.1) is 0 Å². The molecule has 1 aromatic carbocycles. The molecule has 0 unspecified atom stereocenters. The zero-order valence-electron chi connectivity index (χ0n) is 20.8. The first kappa shape index (κ1) is 25.0. The molecular formula is C26H33N9O. The van der Waals surface area contributed by atoms with E-state index in [1.807, 2.05) is 50.2 Å². The van der Waals surface area contributed by atoms with E-state index in [-0.39, 0.29) is 11.8 Å². The second-order valence-electron chi connectivity index (χ2n) is 9.11. The van der Waals surface area contributed by atoms with Gasteiger partial charge in [0.1, 0.15) is 11.6 Å². The summed E-state index contributed by atoms with van der Waals surface area (Å²) in [5.74, 6) is 2.92. The van der Waals surface area contributed by atoms with Gasteiger partial charge >= 0.3 is 0 Å². The van der Waals surface area contributed by atoms with Gasteiger partial charge in [-0.25, -0.2) is 0 Å². The number of hydrogen-bond donors (Lipinski definition) is 5. The SMILES string of the molecule is CC[C@@H](C)C(=O)NCCNc1cc(Nc2cc(C3CCC3)[nH]n2)nc(Nc2ccc(CC#N)cc2)n1. The molecule has 1 amide bonds. The first-order chi connectivity index (χ1) is 17.5. The molecule has 1 aliphatic rings. The molecular weight excluding hydrogens is 454 g/mol. The number of aromatic nitrogens is 4. The summed E-state index contributed by atoms with van der Waals surface area (Å²) in [4.78, 5) is 21.2. The zero-order valence-corrected chi connectivity index (χ0v) is 20.8. The van der Waals surface area contributed by atoms with Crippen LogP contribution in [0.1, 0.15) is 56.7 Å². The normalized spacial score (nSPS) is 13.8. The Morgan fingerprint density at radius 3 is 2.58 bits per heavy atom. The molecule has 1 atom stereocenters. The van der Waals surface area contributed by atoms with Gasteiger partial charge in [0.15, 0.2) is 5.82 Å². The van der Waals surface area contributed by atoms with Gasteiger partial charge in [0.25, 0.3) is 0 Å². The van der Waals surface area contributed by atoms with Crippen LogP contribution in [0.5, 0.6) is 0 Å². The molecule has 3 aromatic rings. The minimum Gasteiger partial charge on any atom is -0.368 e. The third-order valence-corrected chi connectivity index (χ3v) is 6.41. The predicted molar refractivity (Wildman–Crippen MR) is 140 cm³/mol. The van der Waals surface area contributed by atoms with E-state index in [2.05, 4.69) is 47.5 Å². The number of nitrogens with one attached hydrogen (secondary N) is 5. The summed E-state index contributed by atoms with van der Waals surface area (Å²) in [6.07, 6.45) is 4.82. The average Bonchev–Trinajstić information content (AvgIpc) is 3.28. The van der Waals surface area contributed by atoms with Crippen LogP contribution in [0, 0.1) is 17.2 Å². The van der Waals surface area contributed by atoms with Crippen molar-refractivity contribution in [2.24, 2.45) is 5.92 Å². The van der Waals surface area contributed by atoms with Crippen LogP contribution in [0.2, 0.25) is 0 Å². The van der Waals surface area contributed by atoms with Gasteiger partial charge in [0.2, 0.25) is 11.9 Å². The number of rotatable bonds is 12. The van der Waals surface area contributed by atoms with Crippen LogP contribution in [0.4, 0.5) is 29.1 Å². The highest BCUT2D eigenvalue weighted by molar-refractivity contribution is 5.78. The Hall–Kier alpha value is -4.13. The van der Waals surface area contributed by atoms with Crippen LogP contribution in [0.3, 0.4) is 0 Å². The highest BCUT2D eigenvalue weighted by Crippen LogP contribution is 2.36. The summed E-state index contributed by atoms with van der Waals surface area (Å²) in [5.41, 5.74) is 2.90. The highest BCUT2D eigenvalue weighted by Gasteiger charge is 2.21. The van der Waals surface area contributed by atoms with Crippen LogP contribution in [-0.4, -0.2) is 39.2 Å². The maximum Gasteiger partial charge on any atom is 0.231 e. The molecule has 0 saturated heterocycles. The number of anilines is 5. The molecule has 0 spiro atoms. The molecule has 4 rings (SSSR count). The lowest BCUT2D eigenvalue weighted by molar-refractivity contribution is -0.124. The van der Waals surface area contributed by atoms with Crippen molar-refractivity contribution in [3.8, 4) is 6.07 Å². The molecule has 5 N–H and O–H groups in total. The number of H-pyrrole nitrogens is 1. The van der Waals surface area contributed by atoms with Crippen LogP contribution in [0.15, 0.2) is 36.4 Å². The Morgan fingerprint density at radius 1 is 1.11 bits per heavy atom. The first-order valence-electron chi connectivity index (χ1n) is 12.5. The lowest BCUT2D eigenvalue weighted by Crippen LogP contribution is -2.32. The summed E-state index contributed by atoms with van der Waals surface area (Å²) >= 11 is 0. The molecule has 0 bridgehead atoms. The van der Waals surface area contributed by atoms with E-state index in [1.165, 1.54) is 19.3 Å². The van der Waals surface area contributed by atoms with Crippen molar-refractivity contribution in [1.82, 2.24) is 25.5 Å². The maximum atomic E-state index is 12.0. The van der Waals surface area contributed by atoms with Gasteiger partial charge in [-0.1, -0.05) is 32.4 Å². The molecule has 10 heteroatoms. The summed E-state index contributed by atoms with van der Waals surface area (Å²) in [6, 6.07) is 13.6. The lowest BCUT2D eigenvalue weighted by atomic mass is 9.83. The Kier molecular flexibility index (Phi) is 8.34. The molecule has 36 heavy (non-hydrogen) atoms. The third kappa shape index (κ3) is 6.72. The predicted octanol–water partition coefficient (Wildman–Crippen LogP) is 4.59. The molecule has 2 heterocycles. The van der Waals surface area contributed by atoms with Gasteiger partial charge in [-0.05, 0) is 37.0 Å². The minimum atomic E-state index is -0.00567. The standard InChI is InChI=1S/C26H33N9O/c1-3-17(2)25(36)29-14-13-28-22-16-23(31-24-15-21(34-35-24)19-5-4-6-19)33-26(32-22)30-20-9-7-18(8-10-20)11-12-27/h7-10,15-17,19H,3-6,11,13-14H2,1-2H3,(H,29,36)(H4,28,30,31,32,33,34,35)/t17-/m1/s1. The van der Waals surface area contributed by atoms with Crippen LogP contribution in [-0.2, 0) is 11.2 Å². The second kappa shape index (κ2) is 12.0. The van der Waals surface area contributed by atoms with Crippen LogP contribution in [0.25, 0.3) is 0 Å². The van der Waals surface area contributed by atoms with Crippen molar-refractivity contribution in [2.45, 2.75) is 51.9 Å². The summed E-state index contributed by atoms with van der Waals surface area (Å²) < 4.78 is 0. The fraction of sp³-hybridized carbons (Fsp3) is 0.423. The highest BCUT2D eigenvalue weighted by atomic mass is 16.1. The Bertz CT molecular complexity index is 1190. The summed E-state index contributed by atoms with van der Waals surface area (Å²) in [6.45, 7) is 4.93. The minimum absolute atomic E-state index is 0.00567. The maximum absolute atomic E-state index is 12.0. The van der Waals surface area contributed by atoms with Gasteiger partial charge in [-0.3, -0.25) is 9.89 Å². The number of aromatic amines is 1. The Morgan fingerprint density at radius 2 is 1.89 bits per heavy atom. The number of carbonyl (C=O) groups excluding carboxylic acids is 1. The molecule has 0 radical (unpaired) electrons. The van der Waals surface area contributed by atoms with E-state index < -0.39 is 0 Å². The van der Waals surface area contributed by atoms with Crippen molar-refractivity contribution >= 4 is 35.0 Å². The van der Waals surface area contributed by atoms with Gasteiger partial charge in [-0.2, -0.15) is 20.3 Å². The molecule has 10 nitrogen and oxygen atoms in total. The second-order valence-corrected chi connectivity index (χ2v) is 9.11. The molecule has 1 saturated carbocycles. The van der Waals surface area contributed by atoms with E-state index in [1.54, 1.807) is 0 Å². The van der Waals surface area contributed by atoms with E-state index in [9.17, 15) is 4.79 Å². The molecule has 1 fully saturated rings. The monoisotopic (exact) mass is 487 g/mol. The van der Waals surface area contributed by atoms with E-state index in [4.69, 9.17) is 5.26 Å².